The first-order valence-electron chi connectivity index (χ1n) is 6.02. The SMILES string of the molecule is O=C(Cl)c1c(Br)c(-c2ccccc2)nc2ccccc12. The fourth-order valence-corrected chi connectivity index (χ4v) is 3.19. The van der Waals surface area contributed by atoms with Gasteiger partial charge in [0.2, 0.25) is 0 Å². The predicted molar refractivity (Wildman–Crippen MR) is 85.1 cm³/mol. The van der Waals surface area contributed by atoms with Gasteiger partial charge in [-0.05, 0) is 33.6 Å². The standard InChI is InChI=1S/C16H9BrClNO/c17-14-13(16(18)20)11-8-4-5-9-12(11)19-15(14)10-6-2-1-3-7-10/h1-9H. The maximum absolute atomic E-state index is 11.8. The summed E-state index contributed by atoms with van der Waals surface area (Å²) in [6, 6.07) is 17.2. The molecule has 2 aromatic carbocycles. The molecule has 0 aliphatic heterocycles. The summed E-state index contributed by atoms with van der Waals surface area (Å²) in [5.41, 5.74) is 2.85. The van der Waals surface area contributed by atoms with Gasteiger partial charge in [0.05, 0.1) is 21.2 Å². The zero-order valence-electron chi connectivity index (χ0n) is 10.3. The lowest BCUT2D eigenvalue weighted by molar-refractivity contribution is 0.108. The van der Waals surface area contributed by atoms with E-state index in [2.05, 4.69) is 20.9 Å². The van der Waals surface area contributed by atoms with E-state index in [0.29, 0.717) is 15.7 Å². The monoisotopic (exact) mass is 345 g/mol. The molecule has 0 fully saturated rings. The highest BCUT2D eigenvalue weighted by Crippen LogP contribution is 2.34. The van der Waals surface area contributed by atoms with Crippen molar-refractivity contribution in [3.05, 3.63) is 64.6 Å². The number of aromatic nitrogens is 1. The third kappa shape index (κ3) is 2.23. The zero-order valence-corrected chi connectivity index (χ0v) is 12.6. The molecule has 0 saturated carbocycles. The van der Waals surface area contributed by atoms with E-state index < -0.39 is 5.24 Å². The second kappa shape index (κ2) is 5.35. The van der Waals surface area contributed by atoms with Crippen molar-refractivity contribution in [2.75, 3.05) is 0 Å². The zero-order chi connectivity index (χ0) is 14.1. The number of benzene rings is 2. The minimum atomic E-state index is -0.493. The highest BCUT2D eigenvalue weighted by molar-refractivity contribution is 9.10. The molecule has 0 radical (unpaired) electrons. The molecule has 0 atom stereocenters. The van der Waals surface area contributed by atoms with Crippen LogP contribution in [0.25, 0.3) is 22.2 Å². The van der Waals surface area contributed by atoms with Crippen LogP contribution in [0.1, 0.15) is 10.4 Å². The Balaban J connectivity index is 2.40. The molecule has 0 aliphatic carbocycles. The summed E-state index contributed by atoms with van der Waals surface area (Å²) in [4.78, 5) is 16.4. The third-order valence-corrected chi connectivity index (χ3v) is 4.04. The van der Waals surface area contributed by atoms with Gasteiger partial charge in [-0.15, -0.1) is 0 Å². The molecule has 0 N–H and O–H groups in total. The van der Waals surface area contributed by atoms with Gasteiger partial charge in [-0.2, -0.15) is 0 Å². The first kappa shape index (κ1) is 13.3. The number of carbonyl (C=O) groups excluding carboxylic acids is 1. The second-order valence-corrected chi connectivity index (χ2v) is 5.44. The van der Waals surface area contributed by atoms with Crippen molar-refractivity contribution < 1.29 is 4.79 Å². The summed E-state index contributed by atoms with van der Waals surface area (Å²) < 4.78 is 0.627. The van der Waals surface area contributed by atoms with Crippen LogP contribution in [-0.4, -0.2) is 10.2 Å². The van der Waals surface area contributed by atoms with Crippen LogP contribution in [0, 0.1) is 0 Å². The molecule has 20 heavy (non-hydrogen) atoms. The van der Waals surface area contributed by atoms with E-state index in [1.54, 1.807) is 0 Å². The summed E-state index contributed by atoms with van der Waals surface area (Å²) in [5, 5.41) is 0.256. The minimum Gasteiger partial charge on any atom is -0.276 e. The van der Waals surface area contributed by atoms with Crippen LogP contribution in [0.4, 0.5) is 0 Å². The Labute approximate surface area is 129 Å². The van der Waals surface area contributed by atoms with Crippen molar-refractivity contribution in [3.63, 3.8) is 0 Å². The topological polar surface area (TPSA) is 30.0 Å². The number of halogens is 2. The molecule has 1 heterocycles. The predicted octanol–water partition coefficient (Wildman–Crippen LogP) is 5.04. The summed E-state index contributed by atoms with van der Waals surface area (Å²) in [6.45, 7) is 0. The maximum Gasteiger partial charge on any atom is 0.254 e. The molecule has 3 aromatic rings. The second-order valence-electron chi connectivity index (χ2n) is 4.31. The van der Waals surface area contributed by atoms with Gasteiger partial charge < -0.3 is 0 Å². The van der Waals surface area contributed by atoms with Crippen LogP contribution in [0.3, 0.4) is 0 Å². The van der Waals surface area contributed by atoms with Gasteiger partial charge in [-0.25, -0.2) is 4.98 Å². The van der Waals surface area contributed by atoms with Crippen molar-refractivity contribution in [2.24, 2.45) is 0 Å². The van der Waals surface area contributed by atoms with E-state index in [4.69, 9.17) is 11.6 Å². The average Bonchev–Trinajstić information content (AvgIpc) is 2.47. The Hall–Kier alpha value is -1.71. The lowest BCUT2D eigenvalue weighted by atomic mass is 10.0. The van der Waals surface area contributed by atoms with Gasteiger partial charge in [0.15, 0.2) is 0 Å². The number of hydrogen-bond acceptors (Lipinski definition) is 2. The molecule has 0 amide bonds. The van der Waals surface area contributed by atoms with Crippen LogP contribution in [-0.2, 0) is 0 Å². The van der Waals surface area contributed by atoms with E-state index in [1.165, 1.54) is 0 Å². The first-order chi connectivity index (χ1) is 9.68. The van der Waals surface area contributed by atoms with E-state index in [-0.39, 0.29) is 0 Å². The lowest BCUT2D eigenvalue weighted by Gasteiger charge is -2.10. The van der Waals surface area contributed by atoms with E-state index in [9.17, 15) is 4.79 Å². The largest absolute Gasteiger partial charge is 0.276 e. The van der Waals surface area contributed by atoms with Crippen molar-refractivity contribution >= 4 is 43.7 Å². The van der Waals surface area contributed by atoms with E-state index in [0.717, 1.165) is 16.5 Å². The molecule has 0 saturated heterocycles. The van der Waals surface area contributed by atoms with E-state index >= 15 is 0 Å². The smallest absolute Gasteiger partial charge is 0.254 e. The molecule has 3 rings (SSSR count). The van der Waals surface area contributed by atoms with Crippen molar-refractivity contribution in [3.8, 4) is 11.3 Å². The summed E-state index contributed by atoms with van der Waals surface area (Å²) in [5.74, 6) is 0. The molecule has 98 valence electrons. The molecule has 4 heteroatoms. The van der Waals surface area contributed by atoms with Crippen LogP contribution >= 0.6 is 27.5 Å². The van der Waals surface area contributed by atoms with Crippen molar-refractivity contribution in [2.45, 2.75) is 0 Å². The molecule has 2 nitrogen and oxygen atoms in total. The fraction of sp³-hybridized carbons (Fsp3) is 0. The van der Waals surface area contributed by atoms with E-state index in [1.807, 2.05) is 54.6 Å². The highest BCUT2D eigenvalue weighted by atomic mass is 79.9. The van der Waals surface area contributed by atoms with Crippen molar-refractivity contribution in [1.82, 2.24) is 4.98 Å². The van der Waals surface area contributed by atoms with Crippen LogP contribution in [0.2, 0.25) is 0 Å². The summed E-state index contributed by atoms with van der Waals surface area (Å²) in [6.07, 6.45) is 0. The molecular formula is C16H9BrClNO. The number of para-hydroxylation sites is 1. The first-order valence-corrected chi connectivity index (χ1v) is 7.19. The number of fused-ring (bicyclic) bond motifs is 1. The number of carbonyl (C=O) groups is 1. The fourth-order valence-electron chi connectivity index (χ4n) is 2.17. The van der Waals surface area contributed by atoms with Crippen molar-refractivity contribution in [1.29, 1.82) is 0 Å². The average molecular weight is 347 g/mol. The molecule has 1 aromatic heterocycles. The molecule has 0 aliphatic rings. The Morgan fingerprint density at radius 2 is 1.65 bits per heavy atom. The van der Waals surface area contributed by atoms with Crippen LogP contribution in [0.5, 0.6) is 0 Å². The normalized spacial score (nSPS) is 10.7. The number of rotatable bonds is 2. The highest BCUT2D eigenvalue weighted by Gasteiger charge is 2.18. The molecule has 0 spiro atoms. The summed E-state index contributed by atoms with van der Waals surface area (Å²) in [7, 11) is 0. The maximum atomic E-state index is 11.8. The minimum absolute atomic E-state index is 0.455. The summed E-state index contributed by atoms with van der Waals surface area (Å²) >= 11 is 9.22. The van der Waals surface area contributed by atoms with Gasteiger partial charge in [0.25, 0.3) is 5.24 Å². The van der Waals surface area contributed by atoms with Crippen LogP contribution < -0.4 is 0 Å². The molecular weight excluding hydrogens is 338 g/mol. The Morgan fingerprint density at radius 1 is 1.00 bits per heavy atom. The lowest BCUT2D eigenvalue weighted by Crippen LogP contribution is -1.98. The third-order valence-electron chi connectivity index (χ3n) is 3.08. The molecule has 0 unspecified atom stereocenters. The molecule has 0 bridgehead atoms. The van der Waals surface area contributed by atoms with Gasteiger partial charge in [0.1, 0.15) is 0 Å². The Morgan fingerprint density at radius 3 is 2.35 bits per heavy atom. The Bertz CT molecular complexity index is 802. The Kier molecular flexibility index (Phi) is 3.55. The van der Waals surface area contributed by atoms with Gasteiger partial charge in [0, 0.05) is 10.9 Å². The van der Waals surface area contributed by atoms with Gasteiger partial charge in [-0.1, -0.05) is 48.5 Å². The van der Waals surface area contributed by atoms with Crippen LogP contribution in [0.15, 0.2) is 59.1 Å². The quantitative estimate of drug-likeness (QED) is 0.608. The number of hydrogen-bond donors (Lipinski definition) is 0. The number of pyridine rings is 1. The number of nitrogens with zero attached hydrogens (tertiary/aromatic N) is 1. The van der Waals surface area contributed by atoms with Gasteiger partial charge in [-0.3, -0.25) is 4.79 Å². The van der Waals surface area contributed by atoms with Gasteiger partial charge >= 0.3 is 0 Å².